The summed E-state index contributed by atoms with van der Waals surface area (Å²) in [7, 11) is 0. The number of aryl methyl sites for hydroxylation is 2. The Labute approximate surface area is 130 Å². The lowest BCUT2D eigenvalue weighted by molar-refractivity contribution is -0.116. The van der Waals surface area contributed by atoms with Crippen LogP contribution in [-0.4, -0.2) is 10.9 Å². The van der Waals surface area contributed by atoms with Crippen LogP contribution in [0.3, 0.4) is 0 Å². The van der Waals surface area contributed by atoms with Crippen LogP contribution in [0.5, 0.6) is 0 Å². The molecule has 3 heteroatoms. The predicted octanol–water partition coefficient (Wildman–Crippen LogP) is 4.11. The second kappa shape index (κ2) is 6.39. The highest BCUT2D eigenvalue weighted by Crippen LogP contribution is 2.23. The van der Waals surface area contributed by atoms with E-state index in [0.717, 1.165) is 28.6 Å². The molecule has 0 saturated carbocycles. The topological polar surface area (TPSA) is 42.0 Å². The Kier molecular flexibility index (Phi) is 4.15. The van der Waals surface area contributed by atoms with Gasteiger partial charge in [0.1, 0.15) is 0 Å². The number of hydrogen-bond acceptors (Lipinski definition) is 2. The minimum Gasteiger partial charge on any atom is -0.325 e. The van der Waals surface area contributed by atoms with Crippen LogP contribution in [0.2, 0.25) is 0 Å². The Morgan fingerprint density at radius 2 is 1.86 bits per heavy atom. The Balaban J connectivity index is 1.73. The molecule has 0 bridgehead atoms. The average Bonchev–Trinajstić information content (AvgIpc) is 2.55. The van der Waals surface area contributed by atoms with Crippen LogP contribution in [0.15, 0.2) is 60.8 Å². The number of rotatable bonds is 4. The van der Waals surface area contributed by atoms with Gasteiger partial charge in [0.15, 0.2) is 0 Å². The Morgan fingerprint density at radius 3 is 2.68 bits per heavy atom. The summed E-state index contributed by atoms with van der Waals surface area (Å²) in [6, 6.07) is 17.9. The quantitative estimate of drug-likeness (QED) is 0.785. The van der Waals surface area contributed by atoms with Crippen LogP contribution in [0, 0.1) is 6.92 Å². The molecule has 1 amide bonds. The Morgan fingerprint density at radius 1 is 1.05 bits per heavy atom. The Bertz CT molecular complexity index is 797. The molecule has 1 heterocycles. The molecule has 0 radical (unpaired) electrons. The number of hydrogen-bond donors (Lipinski definition) is 1. The molecule has 2 aromatic carbocycles. The lowest BCUT2D eigenvalue weighted by Crippen LogP contribution is -2.12. The first-order valence-corrected chi connectivity index (χ1v) is 7.42. The smallest absolute Gasteiger partial charge is 0.224 e. The van der Waals surface area contributed by atoms with E-state index in [0.29, 0.717) is 6.42 Å². The van der Waals surface area contributed by atoms with E-state index in [2.05, 4.69) is 10.3 Å². The van der Waals surface area contributed by atoms with Gasteiger partial charge in [-0.15, -0.1) is 0 Å². The summed E-state index contributed by atoms with van der Waals surface area (Å²) in [6.07, 6.45) is 2.95. The highest BCUT2D eigenvalue weighted by Gasteiger charge is 2.07. The number of para-hydroxylation sites is 1. The number of anilines is 1. The maximum atomic E-state index is 12.2. The first-order valence-electron chi connectivity index (χ1n) is 7.42. The zero-order chi connectivity index (χ0) is 15.4. The molecule has 3 rings (SSSR count). The van der Waals surface area contributed by atoms with Gasteiger partial charge in [0.25, 0.3) is 0 Å². The van der Waals surface area contributed by atoms with E-state index in [4.69, 9.17) is 0 Å². The third-order valence-corrected chi connectivity index (χ3v) is 3.73. The van der Waals surface area contributed by atoms with Gasteiger partial charge in [0.2, 0.25) is 5.91 Å². The maximum absolute atomic E-state index is 12.2. The minimum absolute atomic E-state index is 0.0258. The predicted molar refractivity (Wildman–Crippen MR) is 89.9 cm³/mol. The fourth-order valence-electron chi connectivity index (χ4n) is 2.55. The molecular formula is C19H18N2O. The lowest BCUT2D eigenvalue weighted by atomic mass is 10.1. The van der Waals surface area contributed by atoms with Crippen LogP contribution in [0.25, 0.3) is 10.9 Å². The number of pyridine rings is 1. The molecule has 0 unspecified atom stereocenters. The minimum atomic E-state index is 0.0258. The van der Waals surface area contributed by atoms with Crippen molar-refractivity contribution in [2.75, 3.05) is 5.32 Å². The normalized spacial score (nSPS) is 10.6. The summed E-state index contributed by atoms with van der Waals surface area (Å²) in [5.74, 6) is 0.0258. The number of amides is 1. The van der Waals surface area contributed by atoms with Gasteiger partial charge in [-0.05, 0) is 30.5 Å². The van der Waals surface area contributed by atoms with Crippen LogP contribution < -0.4 is 5.32 Å². The van der Waals surface area contributed by atoms with E-state index in [-0.39, 0.29) is 5.91 Å². The largest absolute Gasteiger partial charge is 0.325 e. The second-order valence-corrected chi connectivity index (χ2v) is 5.36. The van der Waals surface area contributed by atoms with Crippen molar-refractivity contribution in [3.63, 3.8) is 0 Å². The standard InChI is InChI=1S/C19H18N2O/c1-14-6-5-9-16-17(12-13-20-19(14)16)21-18(22)11-10-15-7-3-2-4-8-15/h2-9,12-13H,10-11H2,1H3,(H,20,21,22). The summed E-state index contributed by atoms with van der Waals surface area (Å²) in [5, 5.41) is 3.99. The maximum Gasteiger partial charge on any atom is 0.224 e. The van der Waals surface area contributed by atoms with Crippen molar-refractivity contribution in [1.82, 2.24) is 4.98 Å². The molecule has 3 aromatic rings. The van der Waals surface area contributed by atoms with Crippen molar-refractivity contribution >= 4 is 22.5 Å². The van der Waals surface area contributed by atoms with Gasteiger partial charge in [-0.1, -0.05) is 48.5 Å². The zero-order valence-electron chi connectivity index (χ0n) is 12.5. The molecule has 0 saturated heterocycles. The number of carbonyl (C=O) groups excluding carboxylic acids is 1. The number of fused-ring (bicyclic) bond motifs is 1. The van der Waals surface area contributed by atoms with E-state index < -0.39 is 0 Å². The number of benzene rings is 2. The van der Waals surface area contributed by atoms with Gasteiger partial charge < -0.3 is 5.32 Å². The molecule has 3 nitrogen and oxygen atoms in total. The molecule has 1 aromatic heterocycles. The highest BCUT2D eigenvalue weighted by molar-refractivity contribution is 6.01. The van der Waals surface area contributed by atoms with Gasteiger partial charge in [-0.3, -0.25) is 9.78 Å². The molecular weight excluding hydrogens is 272 g/mol. The van der Waals surface area contributed by atoms with E-state index in [1.807, 2.05) is 61.5 Å². The van der Waals surface area contributed by atoms with Crippen molar-refractivity contribution < 1.29 is 4.79 Å². The van der Waals surface area contributed by atoms with Gasteiger partial charge >= 0.3 is 0 Å². The summed E-state index contributed by atoms with van der Waals surface area (Å²) in [6.45, 7) is 2.02. The van der Waals surface area contributed by atoms with Crippen LogP contribution in [0.1, 0.15) is 17.5 Å². The summed E-state index contributed by atoms with van der Waals surface area (Å²) >= 11 is 0. The van der Waals surface area contributed by atoms with Crippen molar-refractivity contribution in [2.45, 2.75) is 19.8 Å². The molecule has 22 heavy (non-hydrogen) atoms. The second-order valence-electron chi connectivity index (χ2n) is 5.36. The lowest BCUT2D eigenvalue weighted by Gasteiger charge is -2.09. The third kappa shape index (κ3) is 3.14. The van der Waals surface area contributed by atoms with Crippen molar-refractivity contribution in [2.24, 2.45) is 0 Å². The summed E-state index contributed by atoms with van der Waals surface area (Å²) < 4.78 is 0. The monoisotopic (exact) mass is 290 g/mol. The fourth-order valence-corrected chi connectivity index (χ4v) is 2.55. The van der Waals surface area contributed by atoms with Gasteiger partial charge in [0.05, 0.1) is 11.2 Å². The van der Waals surface area contributed by atoms with E-state index in [9.17, 15) is 4.79 Å². The van der Waals surface area contributed by atoms with E-state index >= 15 is 0 Å². The zero-order valence-corrected chi connectivity index (χ0v) is 12.5. The number of nitrogens with zero attached hydrogens (tertiary/aromatic N) is 1. The average molecular weight is 290 g/mol. The molecule has 110 valence electrons. The van der Waals surface area contributed by atoms with Gasteiger partial charge in [-0.25, -0.2) is 0 Å². The first-order chi connectivity index (χ1) is 10.7. The van der Waals surface area contributed by atoms with Gasteiger partial charge in [0, 0.05) is 18.0 Å². The molecule has 0 aliphatic carbocycles. The molecule has 0 spiro atoms. The van der Waals surface area contributed by atoms with E-state index in [1.165, 1.54) is 5.56 Å². The first kappa shape index (κ1) is 14.3. The fraction of sp³-hybridized carbons (Fsp3) is 0.158. The van der Waals surface area contributed by atoms with Crippen molar-refractivity contribution in [3.8, 4) is 0 Å². The van der Waals surface area contributed by atoms with Crippen LogP contribution in [-0.2, 0) is 11.2 Å². The summed E-state index contributed by atoms with van der Waals surface area (Å²) in [4.78, 5) is 16.6. The van der Waals surface area contributed by atoms with Gasteiger partial charge in [-0.2, -0.15) is 0 Å². The Hall–Kier alpha value is -2.68. The van der Waals surface area contributed by atoms with Crippen molar-refractivity contribution in [3.05, 3.63) is 71.9 Å². The molecule has 0 fully saturated rings. The van der Waals surface area contributed by atoms with Crippen LogP contribution in [0.4, 0.5) is 5.69 Å². The SMILES string of the molecule is Cc1cccc2c(NC(=O)CCc3ccccc3)ccnc12. The number of aromatic nitrogens is 1. The molecule has 1 N–H and O–H groups in total. The summed E-state index contributed by atoms with van der Waals surface area (Å²) in [5.41, 5.74) is 4.04. The molecule has 0 aliphatic rings. The number of carbonyl (C=O) groups is 1. The van der Waals surface area contributed by atoms with E-state index in [1.54, 1.807) is 6.20 Å². The molecule has 0 atom stereocenters. The highest BCUT2D eigenvalue weighted by atomic mass is 16.1. The molecule has 0 aliphatic heterocycles. The van der Waals surface area contributed by atoms with Crippen LogP contribution >= 0.6 is 0 Å². The number of nitrogens with one attached hydrogen (secondary N) is 1. The third-order valence-electron chi connectivity index (χ3n) is 3.73. The van der Waals surface area contributed by atoms with Crippen molar-refractivity contribution in [1.29, 1.82) is 0 Å².